The molecule has 0 bridgehead atoms. The van der Waals surface area contributed by atoms with Crippen LogP contribution in [0.25, 0.3) is 0 Å². The number of rotatable bonds is 8. The molecular weight excluding hydrogens is 218 g/mol. The number of aliphatic carboxylic acids is 1. The van der Waals surface area contributed by atoms with Gasteiger partial charge in [0.1, 0.15) is 0 Å². The minimum Gasteiger partial charge on any atom is -0.481 e. The first kappa shape index (κ1) is 14.5. The Labute approximate surface area is 104 Å². The van der Waals surface area contributed by atoms with E-state index in [-0.39, 0.29) is 0 Å². The standard InChI is InChI=1S/C13H25NO3/c15-11-3-1-2-8-14-9-6-12(7-10-14)4-5-13(16)17/h12,15H,1-11H2,(H,16,17). The Kier molecular flexibility index (Phi) is 7.21. The molecule has 4 heteroatoms. The van der Waals surface area contributed by atoms with Gasteiger partial charge in [-0.15, -0.1) is 0 Å². The van der Waals surface area contributed by atoms with E-state index in [1.165, 1.54) is 6.42 Å². The summed E-state index contributed by atoms with van der Waals surface area (Å²) in [7, 11) is 0. The van der Waals surface area contributed by atoms with Gasteiger partial charge in [-0.05, 0) is 64.1 Å². The van der Waals surface area contributed by atoms with Crippen molar-refractivity contribution in [2.75, 3.05) is 26.2 Å². The van der Waals surface area contributed by atoms with Crippen molar-refractivity contribution in [3.8, 4) is 0 Å². The van der Waals surface area contributed by atoms with E-state index in [0.29, 0.717) is 18.9 Å². The van der Waals surface area contributed by atoms with Crippen LogP contribution in [0, 0.1) is 5.92 Å². The number of piperidine rings is 1. The van der Waals surface area contributed by atoms with Crippen molar-refractivity contribution in [3.05, 3.63) is 0 Å². The Morgan fingerprint density at radius 1 is 1.18 bits per heavy atom. The summed E-state index contributed by atoms with van der Waals surface area (Å²) in [5, 5.41) is 17.3. The second-order valence-electron chi connectivity index (χ2n) is 5.00. The molecule has 0 aliphatic carbocycles. The average molecular weight is 243 g/mol. The van der Waals surface area contributed by atoms with Crippen LogP contribution in [0.3, 0.4) is 0 Å². The summed E-state index contributed by atoms with van der Waals surface area (Å²) in [5.74, 6) is -0.0591. The molecule has 0 spiro atoms. The van der Waals surface area contributed by atoms with Gasteiger partial charge in [0.15, 0.2) is 0 Å². The molecule has 0 atom stereocenters. The van der Waals surface area contributed by atoms with Gasteiger partial charge in [-0.25, -0.2) is 0 Å². The number of unbranched alkanes of at least 4 members (excludes halogenated alkanes) is 2. The number of carboxylic acid groups (broad SMARTS) is 1. The normalized spacial score (nSPS) is 18.4. The maximum absolute atomic E-state index is 10.5. The molecule has 1 saturated heterocycles. The molecule has 1 fully saturated rings. The number of aliphatic hydroxyl groups is 1. The molecule has 1 rings (SSSR count). The fourth-order valence-electron chi connectivity index (χ4n) is 2.45. The van der Waals surface area contributed by atoms with Crippen LogP contribution in [0.5, 0.6) is 0 Å². The van der Waals surface area contributed by atoms with Crippen LogP contribution in [0.2, 0.25) is 0 Å². The van der Waals surface area contributed by atoms with Gasteiger partial charge in [0.05, 0.1) is 0 Å². The lowest BCUT2D eigenvalue weighted by Crippen LogP contribution is -2.34. The highest BCUT2D eigenvalue weighted by Crippen LogP contribution is 2.22. The van der Waals surface area contributed by atoms with Crippen molar-refractivity contribution in [2.45, 2.75) is 44.9 Å². The molecule has 0 aromatic rings. The smallest absolute Gasteiger partial charge is 0.303 e. The molecule has 0 radical (unpaired) electrons. The van der Waals surface area contributed by atoms with Crippen LogP contribution in [-0.4, -0.2) is 47.3 Å². The Balaban J connectivity index is 2.03. The Hall–Kier alpha value is -0.610. The van der Waals surface area contributed by atoms with Gasteiger partial charge in [0, 0.05) is 13.0 Å². The topological polar surface area (TPSA) is 60.8 Å². The van der Waals surface area contributed by atoms with E-state index in [9.17, 15) is 4.79 Å². The zero-order valence-electron chi connectivity index (χ0n) is 10.6. The lowest BCUT2D eigenvalue weighted by Gasteiger charge is -2.31. The van der Waals surface area contributed by atoms with Gasteiger partial charge >= 0.3 is 5.97 Å². The first-order valence-electron chi connectivity index (χ1n) is 6.77. The van der Waals surface area contributed by atoms with Gasteiger partial charge < -0.3 is 15.1 Å². The van der Waals surface area contributed by atoms with Gasteiger partial charge in [0.25, 0.3) is 0 Å². The van der Waals surface area contributed by atoms with Crippen LogP contribution >= 0.6 is 0 Å². The number of likely N-dealkylation sites (tertiary alicyclic amines) is 1. The first-order valence-corrected chi connectivity index (χ1v) is 6.77. The number of aliphatic hydroxyl groups excluding tert-OH is 1. The third-order valence-electron chi connectivity index (χ3n) is 3.61. The van der Waals surface area contributed by atoms with E-state index >= 15 is 0 Å². The maximum atomic E-state index is 10.5. The summed E-state index contributed by atoms with van der Waals surface area (Å²) in [6.07, 6.45) is 6.64. The van der Waals surface area contributed by atoms with Gasteiger partial charge in [-0.1, -0.05) is 0 Å². The number of carbonyl (C=O) groups is 1. The molecular formula is C13H25NO3. The summed E-state index contributed by atoms with van der Waals surface area (Å²) in [4.78, 5) is 12.9. The Bertz CT molecular complexity index is 213. The Morgan fingerprint density at radius 2 is 1.88 bits per heavy atom. The number of carboxylic acids is 1. The molecule has 0 amide bonds. The quantitative estimate of drug-likeness (QED) is 0.637. The molecule has 100 valence electrons. The van der Waals surface area contributed by atoms with Crippen molar-refractivity contribution in [1.82, 2.24) is 4.90 Å². The van der Waals surface area contributed by atoms with Crippen LogP contribution in [0.1, 0.15) is 44.9 Å². The summed E-state index contributed by atoms with van der Waals surface area (Å²) in [5.41, 5.74) is 0. The molecule has 0 unspecified atom stereocenters. The zero-order valence-corrected chi connectivity index (χ0v) is 10.6. The van der Waals surface area contributed by atoms with E-state index in [1.54, 1.807) is 0 Å². The van der Waals surface area contributed by atoms with E-state index < -0.39 is 5.97 Å². The molecule has 4 nitrogen and oxygen atoms in total. The number of nitrogens with zero attached hydrogens (tertiary/aromatic N) is 1. The number of hydrogen-bond donors (Lipinski definition) is 2. The fourth-order valence-corrected chi connectivity index (χ4v) is 2.45. The second kappa shape index (κ2) is 8.48. The molecule has 0 saturated carbocycles. The van der Waals surface area contributed by atoms with Crippen molar-refractivity contribution in [2.24, 2.45) is 5.92 Å². The van der Waals surface area contributed by atoms with E-state index in [2.05, 4.69) is 4.90 Å². The van der Waals surface area contributed by atoms with Crippen molar-refractivity contribution in [1.29, 1.82) is 0 Å². The Morgan fingerprint density at radius 3 is 2.47 bits per heavy atom. The molecule has 0 aromatic heterocycles. The van der Waals surface area contributed by atoms with Gasteiger partial charge in [-0.3, -0.25) is 4.79 Å². The van der Waals surface area contributed by atoms with Crippen LogP contribution in [0.4, 0.5) is 0 Å². The third-order valence-corrected chi connectivity index (χ3v) is 3.61. The lowest BCUT2D eigenvalue weighted by atomic mass is 9.92. The summed E-state index contributed by atoms with van der Waals surface area (Å²) in [6.45, 7) is 3.66. The third kappa shape index (κ3) is 6.64. The number of hydrogen-bond acceptors (Lipinski definition) is 3. The largest absolute Gasteiger partial charge is 0.481 e. The van der Waals surface area contributed by atoms with Crippen LogP contribution < -0.4 is 0 Å². The fraction of sp³-hybridized carbons (Fsp3) is 0.923. The average Bonchev–Trinajstić information content (AvgIpc) is 2.33. The van der Waals surface area contributed by atoms with Crippen molar-refractivity contribution < 1.29 is 15.0 Å². The van der Waals surface area contributed by atoms with Crippen LogP contribution in [-0.2, 0) is 4.79 Å². The SMILES string of the molecule is O=C(O)CCC1CCN(CCCCCO)CC1. The second-order valence-corrected chi connectivity index (χ2v) is 5.00. The zero-order chi connectivity index (χ0) is 12.5. The predicted octanol–water partition coefficient (Wildman–Crippen LogP) is 1.73. The maximum Gasteiger partial charge on any atom is 0.303 e. The van der Waals surface area contributed by atoms with E-state index in [4.69, 9.17) is 10.2 Å². The summed E-state index contributed by atoms with van der Waals surface area (Å²) >= 11 is 0. The first-order chi connectivity index (χ1) is 8.22. The molecule has 0 aromatic carbocycles. The molecule has 17 heavy (non-hydrogen) atoms. The summed E-state index contributed by atoms with van der Waals surface area (Å²) in [6, 6.07) is 0. The van der Waals surface area contributed by atoms with E-state index in [1.807, 2.05) is 0 Å². The van der Waals surface area contributed by atoms with Crippen molar-refractivity contribution in [3.63, 3.8) is 0 Å². The van der Waals surface area contributed by atoms with Crippen molar-refractivity contribution >= 4 is 5.97 Å². The minimum atomic E-state index is -0.670. The monoisotopic (exact) mass is 243 g/mol. The highest BCUT2D eigenvalue weighted by atomic mass is 16.4. The molecule has 1 heterocycles. The highest BCUT2D eigenvalue weighted by Gasteiger charge is 2.19. The summed E-state index contributed by atoms with van der Waals surface area (Å²) < 4.78 is 0. The lowest BCUT2D eigenvalue weighted by molar-refractivity contribution is -0.137. The van der Waals surface area contributed by atoms with Crippen LogP contribution in [0.15, 0.2) is 0 Å². The van der Waals surface area contributed by atoms with E-state index in [0.717, 1.165) is 51.7 Å². The molecule has 1 aliphatic heterocycles. The molecule has 2 N–H and O–H groups in total. The predicted molar refractivity (Wildman–Crippen MR) is 67.0 cm³/mol. The van der Waals surface area contributed by atoms with Gasteiger partial charge in [0.2, 0.25) is 0 Å². The minimum absolute atomic E-state index is 0.303. The molecule has 1 aliphatic rings. The van der Waals surface area contributed by atoms with Gasteiger partial charge in [-0.2, -0.15) is 0 Å². The highest BCUT2D eigenvalue weighted by molar-refractivity contribution is 5.66.